The highest BCUT2D eigenvalue weighted by atomic mass is 16.3. The fourth-order valence-corrected chi connectivity index (χ4v) is 2.08. The van der Waals surface area contributed by atoms with Gasteiger partial charge >= 0.3 is 0 Å². The summed E-state index contributed by atoms with van der Waals surface area (Å²) in [7, 11) is 0. The van der Waals surface area contributed by atoms with E-state index in [0.717, 1.165) is 12.3 Å². The summed E-state index contributed by atoms with van der Waals surface area (Å²) in [6.07, 6.45) is 2.08. The Hall–Kier alpha value is -0.0400. The van der Waals surface area contributed by atoms with Gasteiger partial charge in [0, 0.05) is 0 Å². The van der Waals surface area contributed by atoms with Gasteiger partial charge in [-0.05, 0) is 30.1 Å². The zero-order chi connectivity index (χ0) is 8.65. The summed E-state index contributed by atoms with van der Waals surface area (Å²) in [6.45, 7) is 8.90. The van der Waals surface area contributed by atoms with E-state index in [1.54, 1.807) is 0 Å². The molecule has 0 saturated heterocycles. The highest BCUT2D eigenvalue weighted by Crippen LogP contribution is 2.43. The fraction of sp³-hybridized carbons (Fsp3) is 1.00. The van der Waals surface area contributed by atoms with Crippen LogP contribution in [0.3, 0.4) is 0 Å². The molecule has 0 aromatic heterocycles. The highest BCUT2D eigenvalue weighted by Gasteiger charge is 2.40. The number of aliphatic hydroxyl groups excluding tert-OH is 1. The first-order chi connectivity index (χ1) is 4.96. The average Bonchev–Trinajstić information content (AvgIpc) is 1.95. The topological polar surface area (TPSA) is 20.2 Å². The molecular weight excluding hydrogens is 136 g/mol. The summed E-state index contributed by atoms with van der Waals surface area (Å²) in [5.74, 6) is 1.42. The maximum absolute atomic E-state index is 9.73. The Labute approximate surface area is 69.8 Å². The molecule has 0 aliphatic heterocycles. The molecular formula is C10H20O. The SMILES string of the molecule is CC1CCC(O)C(C)(C)C1C. The van der Waals surface area contributed by atoms with E-state index in [0.29, 0.717) is 5.92 Å². The van der Waals surface area contributed by atoms with Gasteiger partial charge in [0.05, 0.1) is 6.10 Å². The van der Waals surface area contributed by atoms with Gasteiger partial charge < -0.3 is 5.11 Å². The molecule has 0 spiro atoms. The van der Waals surface area contributed by atoms with Crippen molar-refractivity contribution in [3.63, 3.8) is 0 Å². The molecule has 0 bridgehead atoms. The van der Waals surface area contributed by atoms with E-state index in [-0.39, 0.29) is 11.5 Å². The van der Waals surface area contributed by atoms with Crippen LogP contribution >= 0.6 is 0 Å². The van der Waals surface area contributed by atoms with Gasteiger partial charge in [0.2, 0.25) is 0 Å². The molecule has 1 saturated carbocycles. The minimum atomic E-state index is -0.0892. The van der Waals surface area contributed by atoms with Crippen LogP contribution in [0.15, 0.2) is 0 Å². The van der Waals surface area contributed by atoms with E-state index in [4.69, 9.17) is 0 Å². The Morgan fingerprint density at radius 1 is 1.18 bits per heavy atom. The third-order valence-corrected chi connectivity index (χ3v) is 3.78. The number of hydrogen-bond acceptors (Lipinski definition) is 1. The smallest absolute Gasteiger partial charge is 0.0593 e. The second kappa shape index (κ2) is 2.78. The quantitative estimate of drug-likeness (QED) is 0.571. The largest absolute Gasteiger partial charge is 0.393 e. The van der Waals surface area contributed by atoms with Crippen LogP contribution in [0.1, 0.15) is 40.5 Å². The second-order valence-electron chi connectivity index (χ2n) is 4.68. The summed E-state index contributed by atoms with van der Waals surface area (Å²) >= 11 is 0. The summed E-state index contributed by atoms with van der Waals surface area (Å²) in [6, 6.07) is 0. The van der Waals surface area contributed by atoms with Crippen LogP contribution in [0.25, 0.3) is 0 Å². The Balaban J connectivity index is 2.72. The third-order valence-electron chi connectivity index (χ3n) is 3.78. The van der Waals surface area contributed by atoms with Crippen molar-refractivity contribution < 1.29 is 5.11 Å². The minimum absolute atomic E-state index is 0.0892. The van der Waals surface area contributed by atoms with E-state index >= 15 is 0 Å². The van der Waals surface area contributed by atoms with Crippen LogP contribution in [0.2, 0.25) is 0 Å². The molecule has 1 aliphatic carbocycles. The van der Waals surface area contributed by atoms with Crippen LogP contribution in [0.5, 0.6) is 0 Å². The molecule has 66 valence electrons. The Morgan fingerprint density at radius 2 is 1.73 bits per heavy atom. The van der Waals surface area contributed by atoms with Crippen molar-refractivity contribution in [1.29, 1.82) is 0 Å². The molecule has 1 rings (SSSR count). The molecule has 1 heteroatoms. The molecule has 3 atom stereocenters. The van der Waals surface area contributed by atoms with Crippen molar-refractivity contribution in [1.82, 2.24) is 0 Å². The predicted molar refractivity (Wildman–Crippen MR) is 47.3 cm³/mol. The molecule has 11 heavy (non-hydrogen) atoms. The summed E-state index contributed by atoms with van der Waals surface area (Å²) in [5.41, 5.74) is 0.123. The molecule has 0 radical (unpaired) electrons. The van der Waals surface area contributed by atoms with Crippen LogP contribution in [0.4, 0.5) is 0 Å². The van der Waals surface area contributed by atoms with Gasteiger partial charge in [0.25, 0.3) is 0 Å². The normalized spacial score (nSPS) is 43.9. The van der Waals surface area contributed by atoms with Crippen LogP contribution in [-0.4, -0.2) is 11.2 Å². The molecule has 0 heterocycles. The van der Waals surface area contributed by atoms with Crippen molar-refractivity contribution in [2.75, 3.05) is 0 Å². The maximum atomic E-state index is 9.73. The molecule has 3 unspecified atom stereocenters. The first kappa shape index (κ1) is 9.05. The van der Waals surface area contributed by atoms with E-state index in [1.165, 1.54) is 6.42 Å². The van der Waals surface area contributed by atoms with E-state index < -0.39 is 0 Å². The maximum Gasteiger partial charge on any atom is 0.0593 e. The first-order valence-corrected chi connectivity index (χ1v) is 4.64. The lowest BCUT2D eigenvalue weighted by Gasteiger charge is -2.44. The molecule has 1 nitrogen and oxygen atoms in total. The summed E-state index contributed by atoms with van der Waals surface area (Å²) < 4.78 is 0. The zero-order valence-electron chi connectivity index (χ0n) is 8.09. The standard InChI is InChI=1S/C10H20O/c1-7-5-6-9(11)10(3,4)8(7)2/h7-9,11H,5-6H2,1-4H3. The van der Waals surface area contributed by atoms with Crippen LogP contribution < -0.4 is 0 Å². The lowest BCUT2D eigenvalue weighted by molar-refractivity contribution is -0.0461. The summed E-state index contributed by atoms with van der Waals surface area (Å²) in [4.78, 5) is 0. The van der Waals surface area contributed by atoms with E-state index in [1.807, 2.05) is 0 Å². The highest BCUT2D eigenvalue weighted by molar-refractivity contribution is 4.89. The zero-order valence-corrected chi connectivity index (χ0v) is 8.09. The van der Waals surface area contributed by atoms with Crippen LogP contribution in [-0.2, 0) is 0 Å². The monoisotopic (exact) mass is 156 g/mol. The van der Waals surface area contributed by atoms with Crippen molar-refractivity contribution in [3.05, 3.63) is 0 Å². The van der Waals surface area contributed by atoms with E-state index in [9.17, 15) is 5.11 Å². The average molecular weight is 156 g/mol. The van der Waals surface area contributed by atoms with Crippen molar-refractivity contribution >= 4 is 0 Å². The minimum Gasteiger partial charge on any atom is -0.393 e. The molecule has 1 fully saturated rings. The van der Waals surface area contributed by atoms with Crippen LogP contribution in [0, 0.1) is 17.3 Å². The van der Waals surface area contributed by atoms with Crippen molar-refractivity contribution in [2.45, 2.75) is 46.6 Å². The summed E-state index contributed by atoms with van der Waals surface area (Å²) in [5, 5.41) is 9.73. The Morgan fingerprint density at radius 3 is 2.18 bits per heavy atom. The predicted octanol–water partition coefficient (Wildman–Crippen LogP) is 2.44. The number of rotatable bonds is 0. The number of hydrogen-bond donors (Lipinski definition) is 1. The molecule has 0 aromatic carbocycles. The van der Waals surface area contributed by atoms with Crippen molar-refractivity contribution in [2.24, 2.45) is 17.3 Å². The van der Waals surface area contributed by atoms with E-state index in [2.05, 4.69) is 27.7 Å². The Kier molecular flexibility index (Phi) is 2.29. The van der Waals surface area contributed by atoms with Gasteiger partial charge in [-0.1, -0.05) is 27.7 Å². The number of aliphatic hydroxyl groups is 1. The Bertz CT molecular complexity index is 140. The van der Waals surface area contributed by atoms with Gasteiger partial charge in [-0.15, -0.1) is 0 Å². The fourth-order valence-electron chi connectivity index (χ4n) is 2.08. The van der Waals surface area contributed by atoms with Gasteiger partial charge in [-0.25, -0.2) is 0 Å². The lowest BCUT2D eigenvalue weighted by atomic mass is 9.63. The van der Waals surface area contributed by atoms with Gasteiger partial charge in [0.1, 0.15) is 0 Å². The molecule has 0 aromatic rings. The third kappa shape index (κ3) is 1.44. The molecule has 1 N–H and O–H groups in total. The molecule has 0 amide bonds. The first-order valence-electron chi connectivity index (χ1n) is 4.64. The van der Waals surface area contributed by atoms with Gasteiger partial charge in [-0.2, -0.15) is 0 Å². The van der Waals surface area contributed by atoms with Crippen molar-refractivity contribution in [3.8, 4) is 0 Å². The molecule has 1 aliphatic rings. The second-order valence-corrected chi connectivity index (χ2v) is 4.68. The van der Waals surface area contributed by atoms with Gasteiger partial charge in [0.15, 0.2) is 0 Å². The lowest BCUT2D eigenvalue weighted by Crippen LogP contribution is -2.42. The van der Waals surface area contributed by atoms with Gasteiger partial charge in [-0.3, -0.25) is 0 Å².